The van der Waals surface area contributed by atoms with Crippen molar-refractivity contribution in [3.05, 3.63) is 59.7 Å². The molecule has 1 amide bonds. The zero-order valence-corrected chi connectivity index (χ0v) is 12.6. The van der Waals surface area contributed by atoms with E-state index in [2.05, 4.69) is 34.1 Å². The number of carbonyl (C=O) groups excluding carboxylic acids is 1. The monoisotopic (exact) mass is 294 g/mol. The Labute approximate surface area is 128 Å². The van der Waals surface area contributed by atoms with E-state index in [0.717, 1.165) is 22.4 Å². The van der Waals surface area contributed by atoms with Crippen LogP contribution < -0.4 is 5.32 Å². The van der Waals surface area contributed by atoms with Gasteiger partial charge in [0.05, 0.1) is 11.0 Å². The molecule has 3 aromatic rings. The van der Waals surface area contributed by atoms with Gasteiger partial charge in [0.1, 0.15) is 5.82 Å². The number of amides is 1. The number of nitrogens with one attached hydrogen (secondary N) is 2. The zero-order valence-electron chi connectivity index (χ0n) is 12.6. The van der Waals surface area contributed by atoms with Crippen LogP contribution in [0, 0.1) is 0 Å². The van der Waals surface area contributed by atoms with Crippen molar-refractivity contribution in [2.45, 2.75) is 26.3 Å². The van der Waals surface area contributed by atoms with Gasteiger partial charge in [0.25, 0.3) is 5.91 Å². The molecule has 112 valence electrons. The Morgan fingerprint density at radius 2 is 2.00 bits per heavy atom. The first-order chi connectivity index (χ1) is 10.6. The molecule has 0 saturated carbocycles. The molecular formula is C17H18N4O. The topological polar surface area (TPSA) is 70.7 Å². The average Bonchev–Trinajstić information content (AvgIpc) is 2.97. The van der Waals surface area contributed by atoms with Gasteiger partial charge in [-0.1, -0.05) is 13.8 Å². The Morgan fingerprint density at radius 3 is 2.73 bits per heavy atom. The second-order valence-corrected chi connectivity index (χ2v) is 5.55. The van der Waals surface area contributed by atoms with Crippen molar-refractivity contribution in [1.82, 2.24) is 20.3 Å². The standard InChI is InChI=1S/C17H18N4O/c1-11(2)16-20-14-4-3-13(9-15(14)21-16)17(22)19-10-12-5-7-18-8-6-12/h3-9,11H,10H2,1-2H3,(H,19,22)(H,20,21). The van der Waals surface area contributed by atoms with Crippen molar-refractivity contribution in [2.75, 3.05) is 0 Å². The summed E-state index contributed by atoms with van der Waals surface area (Å²) in [5.74, 6) is 1.17. The number of hydrogen-bond donors (Lipinski definition) is 2. The summed E-state index contributed by atoms with van der Waals surface area (Å²) in [6.07, 6.45) is 3.43. The number of aromatic nitrogens is 3. The smallest absolute Gasteiger partial charge is 0.251 e. The summed E-state index contributed by atoms with van der Waals surface area (Å²) in [5.41, 5.74) is 3.42. The van der Waals surface area contributed by atoms with E-state index in [4.69, 9.17) is 0 Å². The van der Waals surface area contributed by atoms with Gasteiger partial charge in [0.2, 0.25) is 0 Å². The van der Waals surface area contributed by atoms with Crippen LogP contribution in [0.15, 0.2) is 42.7 Å². The molecule has 3 rings (SSSR count). The lowest BCUT2D eigenvalue weighted by Crippen LogP contribution is -2.22. The molecule has 22 heavy (non-hydrogen) atoms. The summed E-state index contributed by atoms with van der Waals surface area (Å²) in [4.78, 5) is 24.0. The minimum atomic E-state index is -0.0978. The average molecular weight is 294 g/mol. The van der Waals surface area contributed by atoms with Crippen LogP contribution in [-0.2, 0) is 6.54 Å². The van der Waals surface area contributed by atoms with Crippen LogP contribution in [-0.4, -0.2) is 20.9 Å². The van der Waals surface area contributed by atoms with Crippen molar-refractivity contribution in [3.63, 3.8) is 0 Å². The molecule has 0 radical (unpaired) electrons. The van der Waals surface area contributed by atoms with Crippen LogP contribution in [0.4, 0.5) is 0 Å². The van der Waals surface area contributed by atoms with Crippen molar-refractivity contribution >= 4 is 16.9 Å². The molecule has 0 fully saturated rings. The Balaban J connectivity index is 1.76. The van der Waals surface area contributed by atoms with Crippen molar-refractivity contribution in [1.29, 1.82) is 0 Å². The van der Waals surface area contributed by atoms with Gasteiger partial charge in [0.15, 0.2) is 0 Å². The molecule has 0 spiro atoms. The van der Waals surface area contributed by atoms with Gasteiger partial charge in [-0.2, -0.15) is 0 Å². The van der Waals surface area contributed by atoms with Gasteiger partial charge >= 0.3 is 0 Å². The summed E-state index contributed by atoms with van der Waals surface area (Å²) in [6, 6.07) is 9.28. The van der Waals surface area contributed by atoms with E-state index in [1.54, 1.807) is 18.5 Å². The molecule has 1 aromatic carbocycles. The predicted octanol–water partition coefficient (Wildman–Crippen LogP) is 3.01. The molecule has 0 bridgehead atoms. The number of fused-ring (bicyclic) bond motifs is 1. The number of rotatable bonds is 4. The maximum Gasteiger partial charge on any atom is 0.251 e. The van der Waals surface area contributed by atoms with E-state index in [0.29, 0.717) is 18.0 Å². The first kappa shape index (κ1) is 14.3. The van der Waals surface area contributed by atoms with E-state index in [1.165, 1.54) is 0 Å². The Kier molecular flexibility index (Phi) is 3.87. The number of aromatic amines is 1. The number of imidazole rings is 1. The highest BCUT2D eigenvalue weighted by molar-refractivity contribution is 5.97. The predicted molar refractivity (Wildman–Crippen MR) is 85.6 cm³/mol. The van der Waals surface area contributed by atoms with E-state index >= 15 is 0 Å². The van der Waals surface area contributed by atoms with Gasteiger partial charge in [-0.15, -0.1) is 0 Å². The molecule has 0 aliphatic rings. The summed E-state index contributed by atoms with van der Waals surface area (Å²) in [6.45, 7) is 4.65. The molecule has 0 aliphatic heterocycles. The SMILES string of the molecule is CC(C)c1nc2ccc(C(=O)NCc3ccncc3)cc2[nH]1. The second-order valence-electron chi connectivity index (χ2n) is 5.55. The lowest BCUT2D eigenvalue weighted by Gasteiger charge is -2.05. The normalized spacial score (nSPS) is 11.0. The van der Waals surface area contributed by atoms with Crippen LogP contribution in [0.3, 0.4) is 0 Å². The zero-order chi connectivity index (χ0) is 15.5. The van der Waals surface area contributed by atoms with Crippen molar-refractivity contribution in [2.24, 2.45) is 0 Å². The van der Waals surface area contributed by atoms with Gasteiger partial charge in [-0.3, -0.25) is 9.78 Å². The van der Waals surface area contributed by atoms with E-state index < -0.39 is 0 Å². The molecule has 0 unspecified atom stereocenters. The van der Waals surface area contributed by atoms with E-state index in [9.17, 15) is 4.79 Å². The molecule has 0 saturated heterocycles. The van der Waals surface area contributed by atoms with Crippen LogP contribution in [0.5, 0.6) is 0 Å². The van der Waals surface area contributed by atoms with Crippen LogP contribution >= 0.6 is 0 Å². The van der Waals surface area contributed by atoms with E-state index in [1.807, 2.05) is 24.3 Å². The van der Waals surface area contributed by atoms with Gasteiger partial charge in [-0.05, 0) is 35.9 Å². The fourth-order valence-electron chi connectivity index (χ4n) is 2.23. The number of H-pyrrole nitrogens is 1. The van der Waals surface area contributed by atoms with Gasteiger partial charge < -0.3 is 10.3 Å². The van der Waals surface area contributed by atoms with Gasteiger partial charge in [-0.25, -0.2) is 4.98 Å². The maximum absolute atomic E-state index is 12.2. The molecule has 2 aromatic heterocycles. The minimum Gasteiger partial charge on any atom is -0.348 e. The summed E-state index contributed by atoms with van der Waals surface area (Å²) >= 11 is 0. The molecule has 0 atom stereocenters. The quantitative estimate of drug-likeness (QED) is 0.777. The largest absolute Gasteiger partial charge is 0.348 e. The van der Waals surface area contributed by atoms with Crippen molar-refractivity contribution < 1.29 is 4.79 Å². The number of benzene rings is 1. The summed E-state index contributed by atoms with van der Waals surface area (Å²) < 4.78 is 0. The molecule has 0 aliphatic carbocycles. The lowest BCUT2D eigenvalue weighted by molar-refractivity contribution is 0.0951. The Hall–Kier alpha value is -2.69. The molecule has 2 heterocycles. The number of pyridine rings is 1. The molecular weight excluding hydrogens is 276 g/mol. The highest BCUT2D eigenvalue weighted by Crippen LogP contribution is 2.18. The first-order valence-electron chi connectivity index (χ1n) is 7.30. The molecule has 2 N–H and O–H groups in total. The third kappa shape index (κ3) is 2.98. The Bertz CT molecular complexity index is 793. The first-order valence-corrected chi connectivity index (χ1v) is 7.30. The number of carbonyl (C=O) groups is 1. The summed E-state index contributed by atoms with van der Waals surface area (Å²) in [5, 5.41) is 2.91. The lowest BCUT2D eigenvalue weighted by atomic mass is 10.2. The third-order valence-electron chi connectivity index (χ3n) is 3.51. The maximum atomic E-state index is 12.2. The summed E-state index contributed by atoms with van der Waals surface area (Å²) in [7, 11) is 0. The Morgan fingerprint density at radius 1 is 1.23 bits per heavy atom. The number of nitrogens with zero attached hydrogens (tertiary/aromatic N) is 2. The van der Waals surface area contributed by atoms with E-state index in [-0.39, 0.29) is 5.91 Å². The van der Waals surface area contributed by atoms with Crippen molar-refractivity contribution in [3.8, 4) is 0 Å². The highest BCUT2D eigenvalue weighted by Gasteiger charge is 2.10. The second kappa shape index (κ2) is 5.97. The van der Waals surface area contributed by atoms with Gasteiger partial charge in [0, 0.05) is 30.4 Å². The highest BCUT2D eigenvalue weighted by atomic mass is 16.1. The van der Waals surface area contributed by atoms with Crippen LogP contribution in [0.2, 0.25) is 0 Å². The molecule has 5 heteroatoms. The van der Waals surface area contributed by atoms with Crippen LogP contribution in [0.25, 0.3) is 11.0 Å². The molecule has 5 nitrogen and oxygen atoms in total. The fraction of sp³-hybridized carbons (Fsp3) is 0.235. The fourth-order valence-corrected chi connectivity index (χ4v) is 2.23. The van der Waals surface area contributed by atoms with Crippen LogP contribution in [0.1, 0.15) is 41.5 Å². The number of hydrogen-bond acceptors (Lipinski definition) is 3. The third-order valence-corrected chi connectivity index (χ3v) is 3.51. The minimum absolute atomic E-state index is 0.0978.